The third kappa shape index (κ3) is 2.12. The molecule has 1 aromatic carbocycles. The van der Waals surface area contributed by atoms with Crippen LogP contribution in [0.4, 0.5) is 0 Å². The van der Waals surface area contributed by atoms with Gasteiger partial charge >= 0.3 is 0 Å². The van der Waals surface area contributed by atoms with E-state index in [1.54, 1.807) is 0 Å². The van der Waals surface area contributed by atoms with E-state index in [2.05, 4.69) is 63.3 Å². The van der Waals surface area contributed by atoms with E-state index in [9.17, 15) is 0 Å². The van der Waals surface area contributed by atoms with Gasteiger partial charge in [-0.3, -0.25) is 0 Å². The number of aliphatic imine (C=N–C) groups is 1. The number of hydrogen-bond donors (Lipinski definition) is 0. The van der Waals surface area contributed by atoms with Gasteiger partial charge in [-0.25, -0.2) is 4.99 Å². The van der Waals surface area contributed by atoms with Crippen LogP contribution in [0.2, 0.25) is 0 Å². The summed E-state index contributed by atoms with van der Waals surface area (Å²) in [6, 6.07) is 6.42. The number of hydrogen-bond acceptors (Lipinski definition) is 1. The summed E-state index contributed by atoms with van der Waals surface area (Å²) in [7, 11) is 0. The van der Waals surface area contributed by atoms with Gasteiger partial charge in [0, 0.05) is 0 Å². The molecule has 74 valence electrons. The second-order valence-electron chi connectivity index (χ2n) is 4.13. The van der Waals surface area contributed by atoms with Crippen LogP contribution in [0.15, 0.2) is 29.8 Å². The largest absolute Gasteiger partial charge is 0.233 e. The van der Waals surface area contributed by atoms with Gasteiger partial charge in [0.1, 0.15) is 0 Å². The Kier molecular flexibility index (Phi) is 2.93. The van der Waals surface area contributed by atoms with Crippen LogP contribution in [0.3, 0.4) is 0 Å². The van der Waals surface area contributed by atoms with Crippen LogP contribution in [0.1, 0.15) is 30.5 Å². The van der Waals surface area contributed by atoms with Crippen LogP contribution in [0, 0.1) is 13.8 Å². The lowest BCUT2D eigenvalue weighted by atomic mass is 9.92. The highest BCUT2D eigenvalue weighted by Crippen LogP contribution is 2.25. The Labute approximate surface area is 86.2 Å². The van der Waals surface area contributed by atoms with Crippen molar-refractivity contribution in [2.24, 2.45) is 4.99 Å². The van der Waals surface area contributed by atoms with Gasteiger partial charge in [0.2, 0.25) is 0 Å². The number of nitrogens with zero attached hydrogens (tertiary/aromatic N) is 1. The summed E-state index contributed by atoms with van der Waals surface area (Å²) >= 11 is 0. The van der Waals surface area contributed by atoms with Gasteiger partial charge in [-0.1, -0.05) is 18.2 Å². The Bertz CT molecular complexity index is 382. The van der Waals surface area contributed by atoms with Crippen molar-refractivity contribution in [2.45, 2.75) is 33.2 Å². The second kappa shape index (κ2) is 3.81. The van der Waals surface area contributed by atoms with Crippen molar-refractivity contribution in [3.63, 3.8) is 0 Å². The topological polar surface area (TPSA) is 12.4 Å². The number of aryl methyl sites for hydroxylation is 2. The summed E-state index contributed by atoms with van der Waals surface area (Å²) in [5.74, 6) is 2.62. The van der Waals surface area contributed by atoms with Crippen LogP contribution in [-0.2, 0) is 5.54 Å². The third-order valence-electron chi connectivity index (χ3n) is 2.57. The van der Waals surface area contributed by atoms with Crippen molar-refractivity contribution in [3.8, 4) is 0 Å². The molecule has 0 saturated heterocycles. The van der Waals surface area contributed by atoms with Gasteiger partial charge in [0.05, 0.1) is 5.54 Å². The van der Waals surface area contributed by atoms with E-state index in [0.29, 0.717) is 0 Å². The first-order chi connectivity index (χ1) is 6.47. The molecule has 0 unspecified atom stereocenters. The molecule has 0 aromatic heterocycles. The van der Waals surface area contributed by atoms with Crippen molar-refractivity contribution >= 4 is 5.87 Å². The van der Waals surface area contributed by atoms with Crippen LogP contribution in [-0.4, -0.2) is 5.87 Å². The average Bonchev–Trinajstić information content (AvgIpc) is 2.09. The molecule has 0 saturated carbocycles. The van der Waals surface area contributed by atoms with Crippen molar-refractivity contribution in [1.82, 2.24) is 0 Å². The summed E-state index contributed by atoms with van der Waals surface area (Å²) in [4.78, 5) is 4.24. The van der Waals surface area contributed by atoms with Crippen LogP contribution in [0.25, 0.3) is 0 Å². The maximum atomic E-state index is 4.24. The zero-order valence-electron chi connectivity index (χ0n) is 9.39. The normalized spacial score (nSPS) is 10.9. The lowest BCUT2D eigenvalue weighted by molar-refractivity contribution is 0.562. The van der Waals surface area contributed by atoms with E-state index in [0.717, 1.165) is 0 Å². The molecule has 0 bridgehead atoms. The van der Waals surface area contributed by atoms with Crippen LogP contribution >= 0.6 is 0 Å². The Morgan fingerprint density at radius 1 is 1.21 bits per heavy atom. The Balaban J connectivity index is 3.20. The first-order valence-corrected chi connectivity index (χ1v) is 4.79. The highest BCUT2D eigenvalue weighted by Gasteiger charge is 2.18. The zero-order valence-corrected chi connectivity index (χ0v) is 9.39. The third-order valence-corrected chi connectivity index (χ3v) is 2.57. The molecule has 14 heavy (non-hydrogen) atoms. The summed E-state index contributed by atoms with van der Waals surface area (Å²) in [5.41, 5.74) is 3.60. The molecular weight excluding hydrogens is 170 g/mol. The van der Waals surface area contributed by atoms with Gasteiger partial charge in [-0.05, 0) is 56.8 Å². The molecule has 0 spiro atoms. The first-order valence-electron chi connectivity index (χ1n) is 4.79. The first kappa shape index (κ1) is 10.7. The van der Waals surface area contributed by atoms with Gasteiger partial charge in [-0.2, -0.15) is 0 Å². The maximum absolute atomic E-state index is 4.24. The van der Waals surface area contributed by atoms with Gasteiger partial charge in [-0.15, -0.1) is 0 Å². The van der Waals surface area contributed by atoms with Gasteiger partial charge in [0.15, 0.2) is 0 Å². The molecule has 0 N–H and O–H groups in total. The van der Waals surface area contributed by atoms with E-state index >= 15 is 0 Å². The van der Waals surface area contributed by atoms with Crippen molar-refractivity contribution < 1.29 is 0 Å². The zero-order chi connectivity index (χ0) is 10.8. The fourth-order valence-corrected chi connectivity index (χ4v) is 1.38. The molecule has 0 aliphatic carbocycles. The minimum atomic E-state index is -0.222. The minimum Gasteiger partial charge on any atom is -0.233 e. The maximum Gasteiger partial charge on any atom is 0.0894 e. The van der Waals surface area contributed by atoms with Crippen molar-refractivity contribution in [2.75, 3.05) is 0 Å². The summed E-state index contributed by atoms with van der Waals surface area (Å²) in [6.45, 7) is 11.9. The molecular formula is C13H17N. The summed E-state index contributed by atoms with van der Waals surface area (Å²) in [5, 5.41) is 0. The highest BCUT2D eigenvalue weighted by atomic mass is 14.8. The molecule has 0 aliphatic rings. The number of rotatable bonds is 2. The number of benzene rings is 1. The SMILES string of the molecule is C=C=NC(C)(C)c1ccc(C)c(C)c1. The van der Waals surface area contributed by atoms with Crippen LogP contribution < -0.4 is 0 Å². The molecule has 0 aliphatic heterocycles. The summed E-state index contributed by atoms with van der Waals surface area (Å²) < 4.78 is 0. The van der Waals surface area contributed by atoms with Gasteiger partial charge in [0.25, 0.3) is 0 Å². The average molecular weight is 187 g/mol. The van der Waals surface area contributed by atoms with E-state index in [1.807, 2.05) is 0 Å². The van der Waals surface area contributed by atoms with Gasteiger partial charge < -0.3 is 0 Å². The molecule has 1 nitrogen and oxygen atoms in total. The standard InChI is InChI=1S/C13H17N/c1-6-14-13(4,5)12-8-7-10(2)11(3)9-12/h7-9H,1H2,2-5H3. The Morgan fingerprint density at radius 3 is 2.36 bits per heavy atom. The molecule has 0 amide bonds. The predicted octanol–water partition coefficient (Wildman–Crippen LogP) is 3.39. The second-order valence-corrected chi connectivity index (χ2v) is 4.13. The molecule has 0 heterocycles. The van der Waals surface area contributed by atoms with E-state index in [-0.39, 0.29) is 5.54 Å². The van der Waals surface area contributed by atoms with Crippen molar-refractivity contribution in [3.05, 3.63) is 41.5 Å². The molecule has 0 fully saturated rings. The molecule has 1 aromatic rings. The fourth-order valence-electron chi connectivity index (χ4n) is 1.38. The lowest BCUT2D eigenvalue weighted by Gasteiger charge is -2.19. The quantitative estimate of drug-likeness (QED) is 0.629. The Hall–Kier alpha value is -1.33. The predicted molar refractivity (Wildman–Crippen MR) is 62.0 cm³/mol. The van der Waals surface area contributed by atoms with E-state index in [1.165, 1.54) is 16.7 Å². The van der Waals surface area contributed by atoms with Crippen molar-refractivity contribution in [1.29, 1.82) is 0 Å². The van der Waals surface area contributed by atoms with E-state index in [4.69, 9.17) is 0 Å². The highest BCUT2D eigenvalue weighted by molar-refractivity contribution is 5.48. The van der Waals surface area contributed by atoms with Crippen LogP contribution in [0.5, 0.6) is 0 Å². The van der Waals surface area contributed by atoms with E-state index < -0.39 is 0 Å². The lowest BCUT2D eigenvalue weighted by Crippen LogP contribution is -2.13. The minimum absolute atomic E-state index is 0.222. The molecule has 1 heteroatoms. The fraction of sp³-hybridized carbons (Fsp3) is 0.385. The molecule has 1 rings (SSSR count). The summed E-state index contributed by atoms with van der Waals surface area (Å²) in [6.07, 6.45) is 0. The molecule has 0 atom stereocenters. The monoisotopic (exact) mass is 187 g/mol. The molecule has 0 radical (unpaired) electrons. The smallest absolute Gasteiger partial charge is 0.0894 e. The Morgan fingerprint density at radius 2 is 1.86 bits per heavy atom.